The Labute approximate surface area is 176 Å². The van der Waals surface area contributed by atoms with Gasteiger partial charge in [0.05, 0.1) is 11.4 Å². The van der Waals surface area contributed by atoms with E-state index >= 15 is 0 Å². The molecule has 1 fully saturated rings. The minimum atomic E-state index is -3.65. The lowest BCUT2D eigenvalue weighted by Crippen LogP contribution is -2.51. The molecule has 0 spiro atoms. The van der Waals surface area contributed by atoms with Crippen LogP contribution in [0, 0.1) is 20.8 Å². The van der Waals surface area contributed by atoms with Crippen LogP contribution in [0.1, 0.15) is 17.0 Å². The predicted octanol–water partition coefficient (Wildman–Crippen LogP) is 1.91. The van der Waals surface area contributed by atoms with E-state index in [9.17, 15) is 13.2 Å². The lowest BCUT2D eigenvalue weighted by Gasteiger charge is -2.34. The lowest BCUT2D eigenvalue weighted by atomic mass is 10.2. The van der Waals surface area contributed by atoms with Crippen LogP contribution in [0.5, 0.6) is 5.75 Å². The number of amides is 1. The molecule has 2 aromatic rings. The molecule has 0 unspecified atom stereocenters. The fraction of sp³-hybridized carbons (Fsp3) is 0.474. The Morgan fingerprint density at radius 2 is 1.83 bits per heavy atom. The highest BCUT2D eigenvalue weighted by Gasteiger charge is 2.33. The molecule has 1 saturated heterocycles. The van der Waals surface area contributed by atoms with Gasteiger partial charge in [0, 0.05) is 38.2 Å². The summed E-state index contributed by atoms with van der Waals surface area (Å²) < 4.78 is 34.7. The third kappa shape index (κ3) is 4.41. The van der Waals surface area contributed by atoms with Gasteiger partial charge in [0.15, 0.2) is 6.61 Å². The topological polar surface area (TPSA) is 84.7 Å². The molecule has 1 aliphatic rings. The maximum absolute atomic E-state index is 13.0. The molecule has 158 valence electrons. The van der Waals surface area contributed by atoms with Crippen molar-refractivity contribution in [1.82, 2.24) is 19.0 Å². The summed E-state index contributed by atoms with van der Waals surface area (Å²) in [4.78, 5) is 14.4. The molecule has 3 rings (SSSR count). The van der Waals surface area contributed by atoms with Gasteiger partial charge in [0.1, 0.15) is 10.6 Å². The zero-order chi connectivity index (χ0) is 21.3. The summed E-state index contributed by atoms with van der Waals surface area (Å²) in [5.41, 5.74) is 1.94. The number of carbonyl (C=O) groups is 1. The lowest BCUT2D eigenvalue weighted by molar-refractivity contribution is -0.134. The first-order valence-electron chi connectivity index (χ1n) is 9.28. The van der Waals surface area contributed by atoms with Gasteiger partial charge in [-0.15, -0.1) is 0 Å². The number of sulfonamides is 1. The van der Waals surface area contributed by atoms with E-state index in [1.807, 2.05) is 6.92 Å². The van der Waals surface area contributed by atoms with Crippen molar-refractivity contribution >= 4 is 27.5 Å². The third-order valence-electron chi connectivity index (χ3n) is 5.12. The molecule has 0 aliphatic carbocycles. The first-order valence-corrected chi connectivity index (χ1v) is 11.1. The maximum atomic E-state index is 13.0. The van der Waals surface area contributed by atoms with Crippen molar-refractivity contribution < 1.29 is 17.9 Å². The van der Waals surface area contributed by atoms with Crippen LogP contribution >= 0.6 is 11.6 Å². The molecule has 0 saturated carbocycles. The smallest absolute Gasteiger partial charge is 0.260 e. The first-order chi connectivity index (χ1) is 13.6. The second kappa shape index (κ2) is 8.33. The molecule has 0 radical (unpaired) electrons. The van der Waals surface area contributed by atoms with Crippen LogP contribution in [0.3, 0.4) is 0 Å². The number of ether oxygens (including phenoxy) is 1. The van der Waals surface area contributed by atoms with E-state index in [0.29, 0.717) is 35.2 Å². The van der Waals surface area contributed by atoms with Gasteiger partial charge in [-0.05, 0) is 44.5 Å². The third-order valence-corrected chi connectivity index (χ3v) is 7.51. The Morgan fingerprint density at radius 1 is 1.17 bits per heavy atom. The normalized spacial score (nSPS) is 15.6. The van der Waals surface area contributed by atoms with Gasteiger partial charge in [0.2, 0.25) is 10.0 Å². The highest BCUT2D eigenvalue weighted by Crippen LogP contribution is 2.24. The predicted molar refractivity (Wildman–Crippen MR) is 110 cm³/mol. The van der Waals surface area contributed by atoms with Crippen LogP contribution in [0.2, 0.25) is 5.02 Å². The number of halogens is 1. The summed E-state index contributed by atoms with van der Waals surface area (Å²) in [6, 6.07) is 5.21. The molecule has 10 heteroatoms. The number of hydrogen-bond donors (Lipinski definition) is 0. The molecule has 29 heavy (non-hydrogen) atoms. The number of rotatable bonds is 5. The molecule has 0 bridgehead atoms. The van der Waals surface area contributed by atoms with Crippen molar-refractivity contribution in [2.24, 2.45) is 7.05 Å². The fourth-order valence-electron chi connectivity index (χ4n) is 3.44. The molecule has 0 N–H and O–H groups in total. The van der Waals surface area contributed by atoms with E-state index in [1.54, 1.807) is 48.7 Å². The average molecular weight is 441 g/mol. The Hall–Kier alpha value is -2.10. The maximum Gasteiger partial charge on any atom is 0.260 e. The van der Waals surface area contributed by atoms with Gasteiger partial charge in [-0.3, -0.25) is 9.48 Å². The number of aryl methyl sites for hydroxylation is 3. The number of piperazine rings is 1. The quantitative estimate of drug-likeness (QED) is 0.709. The van der Waals surface area contributed by atoms with Crippen molar-refractivity contribution in [3.05, 3.63) is 40.2 Å². The van der Waals surface area contributed by atoms with Gasteiger partial charge in [-0.25, -0.2) is 8.42 Å². The second-order valence-corrected chi connectivity index (χ2v) is 9.42. The Morgan fingerprint density at radius 3 is 2.38 bits per heavy atom. The van der Waals surface area contributed by atoms with Crippen molar-refractivity contribution in [2.75, 3.05) is 32.8 Å². The van der Waals surface area contributed by atoms with Crippen LogP contribution < -0.4 is 4.74 Å². The minimum Gasteiger partial charge on any atom is -0.483 e. The molecule has 8 nitrogen and oxygen atoms in total. The average Bonchev–Trinajstić information content (AvgIpc) is 2.93. The molecule has 1 aliphatic heterocycles. The van der Waals surface area contributed by atoms with Crippen molar-refractivity contribution in [2.45, 2.75) is 25.7 Å². The number of benzene rings is 1. The fourth-order valence-corrected chi connectivity index (χ4v) is 5.49. The largest absolute Gasteiger partial charge is 0.483 e. The highest BCUT2D eigenvalue weighted by atomic mass is 35.5. The summed E-state index contributed by atoms with van der Waals surface area (Å²) in [5.74, 6) is 0.427. The molecular formula is C19H25ClN4O4S. The van der Waals surface area contributed by atoms with E-state index in [1.165, 1.54) is 4.31 Å². The molecule has 1 aromatic carbocycles. The summed E-state index contributed by atoms with van der Waals surface area (Å²) in [7, 11) is -1.93. The van der Waals surface area contributed by atoms with Crippen LogP contribution in [0.15, 0.2) is 23.1 Å². The van der Waals surface area contributed by atoms with Crippen molar-refractivity contribution in [3.8, 4) is 5.75 Å². The Balaban J connectivity index is 1.60. The van der Waals surface area contributed by atoms with Gasteiger partial charge in [-0.1, -0.05) is 11.6 Å². The van der Waals surface area contributed by atoms with Crippen LogP contribution in [-0.4, -0.2) is 66.1 Å². The second-order valence-electron chi connectivity index (χ2n) is 7.11. The Kier molecular flexibility index (Phi) is 6.21. The number of hydrogen-bond acceptors (Lipinski definition) is 5. The standard InChI is InChI=1S/C19H25ClN4O4S/c1-13-11-16(20)5-6-17(13)28-12-18(25)23-7-9-24(10-8-23)29(26,27)19-14(2)21-22(4)15(19)3/h5-6,11H,7-10,12H2,1-4H3. The highest BCUT2D eigenvalue weighted by molar-refractivity contribution is 7.89. The minimum absolute atomic E-state index is 0.101. The molecule has 0 atom stereocenters. The van der Waals surface area contributed by atoms with Crippen LogP contribution in [0.25, 0.3) is 0 Å². The summed E-state index contributed by atoms with van der Waals surface area (Å²) in [5, 5.41) is 4.81. The number of carbonyl (C=O) groups excluding carboxylic acids is 1. The van der Waals surface area contributed by atoms with E-state index in [0.717, 1.165) is 5.56 Å². The number of aromatic nitrogens is 2. The molecule has 1 amide bonds. The van der Waals surface area contributed by atoms with Crippen LogP contribution in [0.4, 0.5) is 0 Å². The van der Waals surface area contributed by atoms with E-state index in [-0.39, 0.29) is 30.5 Å². The number of nitrogens with zero attached hydrogens (tertiary/aromatic N) is 4. The van der Waals surface area contributed by atoms with Gasteiger partial charge < -0.3 is 9.64 Å². The van der Waals surface area contributed by atoms with Crippen LogP contribution in [-0.2, 0) is 21.9 Å². The van der Waals surface area contributed by atoms with Crippen molar-refractivity contribution in [3.63, 3.8) is 0 Å². The Bertz CT molecular complexity index is 1030. The zero-order valence-electron chi connectivity index (χ0n) is 17.0. The summed E-state index contributed by atoms with van der Waals surface area (Å²) in [6.45, 7) is 6.30. The van der Waals surface area contributed by atoms with E-state index in [4.69, 9.17) is 16.3 Å². The monoisotopic (exact) mass is 440 g/mol. The van der Waals surface area contributed by atoms with Gasteiger partial charge in [0.25, 0.3) is 5.91 Å². The van der Waals surface area contributed by atoms with Gasteiger partial charge in [-0.2, -0.15) is 9.40 Å². The molecule has 1 aromatic heterocycles. The zero-order valence-corrected chi connectivity index (χ0v) is 18.5. The summed E-state index contributed by atoms with van der Waals surface area (Å²) >= 11 is 5.93. The molecular weight excluding hydrogens is 416 g/mol. The SMILES string of the molecule is Cc1cc(Cl)ccc1OCC(=O)N1CCN(S(=O)(=O)c2c(C)nn(C)c2C)CC1. The van der Waals surface area contributed by atoms with E-state index in [2.05, 4.69) is 5.10 Å². The van der Waals surface area contributed by atoms with Crippen molar-refractivity contribution in [1.29, 1.82) is 0 Å². The first kappa shape index (κ1) is 21.6. The molecule has 2 heterocycles. The van der Waals surface area contributed by atoms with Gasteiger partial charge >= 0.3 is 0 Å². The summed E-state index contributed by atoms with van der Waals surface area (Å²) in [6.07, 6.45) is 0. The van der Waals surface area contributed by atoms with E-state index < -0.39 is 10.0 Å².